The summed E-state index contributed by atoms with van der Waals surface area (Å²) in [6.07, 6.45) is 5.93. The van der Waals surface area contributed by atoms with Crippen molar-refractivity contribution in [1.82, 2.24) is 10.3 Å². The number of pyridine rings is 1. The van der Waals surface area contributed by atoms with Crippen molar-refractivity contribution >= 4 is 17.5 Å². The molecule has 1 aliphatic carbocycles. The fraction of sp³-hybridized carbons (Fsp3) is 0.364. The van der Waals surface area contributed by atoms with E-state index >= 15 is 0 Å². The number of halogens is 1. The molecule has 136 valence electrons. The van der Waals surface area contributed by atoms with Crippen LogP contribution in [0.1, 0.15) is 53.9 Å². The van der Waals surface area contributed by atoms with Gasteiger partial charge < -0.3 is 5.32 Å². The van der Waals surface area contributed by atoms with Crippen molar-refractivity contribution in [1.29, 1.82) is 0 Å². The van der Waals surface area contributed by atoms with Gasteiger partial charge >= 0.3 is 0 Å². The third kappa shape index (κ3) is 4.16. The van der Waals surface area contributed by atoms with Crippen molar-refractivity contribution < 1.29 is 4.79 Å². The summed E-state index contributed by atoms with van der Waals surface area (Å²) in [5, 5.41) is 3.76. The molecule has 0 saturated heterocycles. The molecule has 1 N–H and O–H groups in total. The number of fused-ring (bicyclic) bond motifs is 1. The minimum Gasteiger partial charge on any atom is -0.346 e. The lowest BCUT2D eigenvalue weighted by Crippen LogP contribution is -2.48. The average Bonchev–Trinajstić information content (AvgIpc) is 3.04. The summed E-state index contributed by atoms with van der Waals surface area (Å²) in [4.78, 5) is 17.4. The monoisotopic (exact) mass is 368 g/mol. The number of carbonyl (C=O) groups excluding carboxylic acids is 1. The van der Waals surface area contributed by atoms with Crippen molar-refractivity contribution in [2.24, 2.45) is 0 Å². The Morgan fingerprint density at radius 2 is 2.04 bits per heavy atom. The standard InChI is InChI=1S/C22H25ClN2O/c1-15(2)12-22(3,13-16-8-5-4-6-9-16)25-21(26)18-14-24-19-11-7-10-17(19)20(18)23/h4-6,8-9,14H,1,7,10-13H2,2-3H3,(H,25,26). The van der Waals surface area contributed by atoms with E-state index in [1.165, 1.54) is 5.56 Å². The van der Waals surface area contributed by atoms with E-state index in [4.69, 9.17) is 11.6 Å². The lowest BCUT2D eigenvalue weighted by atomic mass is 9.86. The number of rotatable bonds is 6. The van der Waals surface area contributed by atoms with E-state index < -0.39 is 5.54 Å². The fourth-order valence-corrected chi connectivity index (χ4v) is 4.17. The van der Waals surface area contributed by atoms with Gasteiger partial charge in [-0.15, -0.1) is 6.58 Å². The molecule has 0 spiro atoms. The van der Waals surface area contributed by atoms with Crippen molar-refractivity contribution in [2.75, 3.05) is 0 Å². The first-order valence-electron chi connectivity index (χ1n) is 9.05. The van der Waals surface area contributed by atoms with Crippen LogP contribution in [0, 0.1) is 0 Å². The molecule has 3 nitrogen and oxygen atoms in total. The highest BCUT2D eigenvalue weighted by atomic mass is 35.5. The normalized spacial score (nSPS) is 15.2. The molecule has 0 bridgehead atoms. The molecule has 1 heterocycles. The zero-order valence-electron chi connectivity index (χ0n) is 15.4. The molecular weight excluding hydrogens is 344 g/mol. The fourth-order valence-electron chi connectivity index (χ4n) is 3.83. The maximum atomic E-state index is 13.0. The van der Waals surface area contributed by atoms with Crippen LogP contribution in [0.3, 0.4) is 0 Å². The van der Waals surface area contributed by atoms with E-state index in [1.54, 1.807) is 6.20 Å². The van der Waals surface area contributed by atoms with Crippen LogP contribution in [0.2, 0.25) is 5.02 Å². The highest BCUT2D eigenvalue weighted by molar-refractivity contribution is 6.34. The Kier molecular flexibility index (Phi) is 5.47. The number of amides is 1. The molecule has 1 atom stereocenters. The van der Waals surface area contributed by atoms with Gasteiger partial charge in [0.1, 0.15) is 0 Å². The minimum absolute atomic E-state index is 0.170. The molecule has 1 aromatic heterocycles. The molecule has 1 aliphatic rings. The predicted molar refractivity (Wildman–Crippen MR) is 107 cm³/mol. The molecule has 0 aliphatic heterocycles. The van der Waals surface area contributed by atoms with Crippen LogP contribution in [0.5, 0.6) is 0 Å². The van der Waals surface area contributed by atoms with Crippen LogP contribution in [0.15, 0.2) is 48.7 Å². The predicted octanol–water partition coefficient (Wildman–Crippen LogP) is 4.92. The molecular formula is C22H25ClN2O. The second-order valence-electron chi connectivity index (χ2n) is 7.58. The summed E-state index contributed by atoms with van der Waals surface area (Å²) in [6, 6.07) is 10.2. The van der Waals surface area contributed by atoms with Gasteiger partial charge in [0.05, 0.1) is 10.6 Å². The first-order valence-corrected chi connectivity index (χ1v) is 9.43. The topological polar surface area (TPSA) is 42.0 Å². The second-order valence-corrected chi connectivity index (χ2v) is 7.95. The number of nitrogens with one attached hydrogen (secondary N) is 1. The van der Waals surface area contributed by atoms with Crippen LogP contribution in [-0.2, 0) is 19.3 Å². The zero-order chi connectivity index (χ0) is 18.7. The second kappa shape index (κ2) is 7.63. The molecule has 4 heteroatoms. The lowest BCUT2D eigenvalue weighted by molar-refractivity contribution is 0.0905. The van der Waals surface area contributed by atoms with Crippen molar-refractivity contribution in [3.63, 3.8) is 0 Å². The van der Waals surface area contributed by atoms with Crippen molar-refractivity contribution in [3.05, 3.63) is 76.1 Å². The van der Waals surface area contributed by atoms with Gasteiger partial charge in [0, 0.05) is 17.4 Å². The summed E-state index contributed by atoms with van der Waals surface area (Å²) in [5.74, 6) is -0.170. The highest BCUT2D eigenvalue weighted by Gasteiger charge is 2.29. The first-order chi connectivity index (χ1) is 12.4. The Bertz CT molecular complexity index is 832. The van der Waals surface area contributed by atoms with Crippen LogP contribution in [0.4, 0.5) is 0 Å². The molecule has 2 aromatic rings. The van der Waals surface area contributed by atoms with Gasteiger partial charge in [-0.2, -0.15) is 0 Å². The molecule has 1 unspecified atom stereocenters. The van der Waals surface area contributed by atoms with Gasteiger partial charge in [0.2, 0.25) is 0 Å². The maximum Gasteiger partial charge on any atom is 0.254 e. The van der Waals surface area contributed by atoms with Crippen LogP contribution in [0.25, 0.3) is 0 Å². The largest absolute Gasteiger partial charge is 0.346 e. The number of benzene rings is 1. The molecule has 0 saturated carbocycles. The van der Waals surface area contributed by atoms with Gasteiger partial charge in [-0.3, -0.25) is 9.78 Å². The Hall–Kier alpha value is -2.13. The SMILES string of the molecule is C=C(C)CC(C)(Cc1ccccc1)NC(=O)c1cnc2c(c1Cl)CCC2. The lowest BCUT2D eigenvalue weighted by Gasteiger charge is -2.32. The smallest absolute Gasteiger partial charge is 0.254 e. The molecule has 0 radical (unpaired) electrons. The molecule has 26 heavy (non-hydrogen) atoms. The quantitative estimate of drug-likeness (QED) is 0.735. The minimum atomic E-state index is -0.438. The summed E-state index contributed by atoms with van der Waals surface area (Å²) in [7, 11) is 0. The average molecular weight is 369 g/mol. The number of hydrogen-bond donors (Lipinski definition) is 1. The summed E-state index contributed by atoms with van der Waals surface area (Å²) in [6.45, 7) is 8.08. The van der Waals surface area contributed by atoms with Gasteiger partial charge in [-0.1, -0.05) is 47.5 Å². The Morgan fingerprint density at radius 1 is 1.31 bits per heavy atom. The Labute approximate surface area is 160 Å². The zero-order valence-corrected chi connectivity index (χ0v) is 16.2. The van der Waals surface area contributed by atoms with Crippen molar-refractivity contribution in [3.8, 4) is 0 Å². The van der Waals surface area contributed by atoms with E-state index in [1.807, 2.05) is 25.1 Å². The number of aryl methyl sites for hydroxylation is 1. The van der Waals surface area contributed by atoms with Crippen molar-refractivity contribution in [2.45, 2.75) is 51.5 Å². The van der Waals surface area contributed by atoms with E-state index in [0.717, 1.165) is 42.5 Å². The number of aromatic nitrogens is 1. The summed E-state index contributed by atoms with van der Waals surface area (Å²) >= 11 is 6.53. The van der Waals surface area contributed by atoms with Gasteiger partial charge in [-0.05, 0) is 57.1 Å². The maximum absolute atomic E-state index is 13.0. The number of carbonyl (C=O) groups is 1. The van der Waals surface area contributed by atoms with E-state index in [9.17, 15) is 4.79 Å². The molecule has 1 amide bonds. The third-order valence-corrected chi connectivity index (χ3v) is 5.26. The highest BCUT2D eigenvalue weighted by Crippen LogP contribution is 2.30. The summed E-state index contributed by atoms with van der Waals surface area (Å²) in [5.41, 5.74) is 4.29. The Morgan fingerprint density at radius 3 is 2.73 bits per heavy atom. The van der Waals surface area contributed by atoms with E-state index in [2.05, 4.69) is 35.9 Å². The molecule has 3 rings (SSSR count). The van der Waals surface area contributed by atoms with Gasteiger partial charge in [-0.25, -0.2) is 0 Å². The van der Waals surface area contributed by atoms with Crippen LogP contribution >= 0.6 is 11.6 Å². The van der Waals surface area contributed by atoms with E-state index in [-0.39, 0.29) is 5.91 Å². The molecule has 1 aromatic carbocycles. The van der Waals surface area contributed by atoms with Gasteiger partial charge in [0.25, 0.3) is 5.91 Å². The van der Waals surface area contributed by atoms with Gasteiger partial charge in [0.15, 0.2) is 0 Å². The molecule has 0 fully saturated rings. The Balaban J connectivity index is 1.85. The third-order valence-electron chi connectivity index (χ3n) is 4.83. The summed E-state index contributed by atoms with van der Waals surface area (Å²) < 4.78 is 0. The van der Waals surface area contributed by atoms with E-state index in [0.29, 0.717) is 17.0 Å². The first kappa shape index (κ1) is 18.7. The van der Waals surface area contributed by atoms with Crippen LogP contribution in [-0.4, -0.2) is 16.4 Å². The number of hydrogen-bond acceptors (Lipinski definition) is 2. The van der Waals surface area contributed by atoms with Crippen LogP contribution < -0.4 is 5.32 Å². The number of nitrogens with zero attached hydrogens (tertiary/aromatic N) is 1.